The van der Waals surface area contributed by atoms with Crippen molar-refractivity contribution in [3.05, 3.63) is 30.1 Å². The van der Waals surface area contributed by atoms with E-state index in [1.165, 1.54) is 5.56 Å². The van der Waals surface area contributed by atoms with Crippen LogP contribution in [0.15, 0.2) is 24.5 Å². The van der Waals surface area contributed by atoms with E-state index in [1.807, 2.05) is 24.5 Å². The summed E-state index contributed by atoms with van der Waals surface area (Å²) in [6.45, 7) is 6.65. The van der Waals surface area contributed by atoms with E-state index in [1.54, 1.807) is 0 Å². The standard InChI is InChI=1S/C15H24N2O2/c1-2-17(10-14-4-7-16-8-5-14)11-15(12-18)6-3-9-19-13-15/h4-5,7-8,18H,2-3,6,9-13H2,1H3. The summed E-state index contributed by atoms with van der Waals surface area (Å²) in [5, 5.41) is 9.74. The van der Waals surface area contributed by atoms with Crippen molar-refractivity contribution in [3.8, 4) is 0 Å². The minimum atomic E-state index is -0.0821. The first-order valence-corrected chi connectivity index (χ1v) is 7.08. The highest BCUT2D eigenvalue weighted by atomic mass is 16.5. The average molecular weight is 264 g/mol. The normalized spacial score (nSPS) is 23.7. The van der Waals surface area contributed by atoms with Gasteiger partial charge in [0.05, 0.1) is 13.2 Å². The number of hydrogen-bond acceptors (Lipinski definition) is 4. The molecule has 2 rings (SSSR count). The third-order valence-corrected chi connectivity index (χ3v) is 3.90. The largest absolute Gasteiger partial charge is 0.396 e. The van der Waals surface area contributed by atoms with Gasteiger partial charge in [-0.15, -0.1) is 0 Å². The SMILES string of the molecule is CCN(Cc1ccncc1)CC1(CO)CCCOC1. The van der Waals surface area contributed by atoms with Crippen molar-refractivity contribution in [2.24, 2.45) is 5.41 Å². The van der Waals surface area contributed by atoms with Gasteiger partial charge in [-0.1, -0.05) is 6.92 Å². The lowest BCUT2D eigenvalue weighted by atomic mass is 9.82. The maximum atomic E-state index is 9.74. The number of nitrogens with zero attached hydrogens (tertiary/aromatic N) is 2. The average Bonchev–Trinajstić information content (AvgIpc) is 2.48. The molecule has 1 atom stereocenters. The topological polar surface area (TPSA) is 45.6 Å². The smallest absolute Gasteiger partial charge is 0.0556 e. The van der Waals surface area contributed by atoms with E-state index in [9.17, 15) is 5.11 Å². The van der Waals surface area contributed by atoms with E-state index in [0.717, 1.165) is 39.1 Å². The van der Waals surface area contributed by atoms with E-state index in [4.69, 9.17) is 4.74 Å². The Labute approximate surface area is 115 Å². The quantitative estimate of drug-likeness (QED) is 0.849. The maximum Gasteiger partial charge on any atom is 0.0556 e. The molecular weight excluding hydrogens is 240 g/mol. The molecule has 0 aromatic carbocycles. The van der Waals surface area contributed by atoms with Gasteiger partial charge in [0, 0.05) is 37.5 Å². The Morgan fingerprint density at radius 3 is 2.79 bits per heavy atom. The molecule has 1 N–H and O–H groups in total. The van der Waals surface area contributed by atoms with Crippen LogP contribution >= 0.6 is 0 Å². The molecule has 1 aliphatic rings. The lowest BCUT2D eigenvalue weighted by Crippen LogP contribution is -2.45. The first kappa shape index (κ1) is 14.4. The molecule has 1 unspecified atom stereocenters. The molecule has 106 valence electrons. The molecule has 0 saturated carbocycles. The van der Waals surface area contributed by atoms with Crippen molar-refractivity contribution in [1.82, 2.24) is 9.88 Å². The second kappa shape index (κ2) is 6.98. The van der Waals surface area contributed by atoms with Gasteiger partial charge in [-0.3, -0.25) is 9.88 Å². The monoisotopic (exact) mass is 264 g/mol. The van der Waals surface area contributed by atoms with Gasteiger partial charge in [-0.2, -0.15) is 0 Å². The fraction of sp³-hybridized carbons (Fsp3) is 0.667. The molecule has 1 aromatic heterocycles. The van der Waals surface area contributed by atoms with E-state index in [2.05, 4.69) is 16.8 Å². The van der Waals surface area contributed by atoms with Crippen LogP contribution in [0.2, 0.25) is 0 Å². The summed E-state index contributed by atoms with van der Waals surface area (Å²) in [4.78, 5) is 6.42. The van der Waals surface area contributed by atoms with Crippen LogP contribution < -0.4 is 0 Å². The number of ether oxygens (including phenoxy) is 1. The van der Waals surface area contributed by atoms with Crippen LogP contribution in [0.25, 0.3) is 0 Å². The number of hydrogen-bond donors (Lipinski definition) is 1. The van der Waals surface area contributed by atoms with Crippen molar-refractivity contribution >= 4 is 0 Å². The number of rotatable bonds is 6. The van der Waals surface area contributed by atoms with Crippen molar-refractivity contribution in [2.75, 3.05) is 32.9 Å². The predicted molar refractivity (Wildman–Crippen MR) is 74.8 cm³/mol. The summed E-state index contributed by atoms with van der Waals surface area (Å²) < 4.78 is 5.58. The zero-order chi connectivity index (χ0) is 13.6. The molecule has 0 amide bonds. The van der Waals surface area contributed by atoms with Gasteiger partial charge in [-0.25, -0.2) is 0 Å². The van der Waals surface area contributed by atoms with Crippen LogP contribution in [0, 0.1) is 5.41 Å². The van der Waals surface area contributed by atoms with Gasteiger partial charge in [0.1, 0.15) is 0 Å². The fourth-order valence-electron chi connectivity index (χ4n) is 2.71. The van der Waals surface area contributed by atoms with Crippen LogP contribution in [0.3, 0.4) is 0 Å². The lowest BCUT2D eigenvalue weighted by Gasteiger charge is -2.39. The second-order valence-corrected chi connectivity index (χ2v) is 5.47. The predicted octanol–water partition coefficient (Wildman–Crippen LogP) is 1.69. The molecule has 4 nitrogen and oxygen atoms in total. The highest BCUT2D eigenvalue weighted by Gasteiger charge is 2.33. The van der Waals surface area contributed by atoms with Crippen molar-refractivity contribution < 1.29 is 9.84 Å². The first-order valence-electron chi connectivity index (χ1n) is 7.08. The summed E-state index contributed by atoms with van der Waals surface area (Å²) in [6.07, 6.45) is 5.76. The zero-order valence-electron chi connectivity index (χ0n) is 11.7. The van der Waals surface area contributed by atoms with Gasteiger partial charge in [0.15, 0.2) is 0 Å². The number of aromatic nitrogens is 1. The summed E-state index contributed by atoms with van der Waals surface area (Å²) in [5.74, 6) is 0. The van der Waals surface area contributed by atoms with Crippen molar-refractivity contribution in [1.29, 1.82) is 0 Å². The molecule has 1 saturated heterocycles. The van der Waals surface area contributed by atoms with Crippen molar-refractivity contribution in [2.45, 2.75) is 26.3 Å². The Balaban J connectivity index is 1.97. The van der Waals surface area contributed by atoms with E-state index in [0.29, 0.717) is 6.61 Å². The second-order valence-electron chi connectivity index (χ2n) is 5.47. The fourth-order valence-corrected chi connectivity index (χ4v) is 2.71. The van der Waals surface area contributed by atoms with Gasteiger partial charge in [-0.05, 0) is 37.1 Å². The van der Waals surface area contributed by atoms with Gasteiger partial charge >= 0.3 is 0 Å². The van der Waals surface area contributed by atoms with Crippen LogP contribution in [0.1, 0.15) is 25.3 Å². The molecule has 2 heterocycles. The first-order chi connectivity index (χ1) is 9.28. The van der Waals surface area contributed by atoms with E-state index in [-0.39, 0.29) is 12.0 Å². The zero-order valence-corrected chi connectivity index (χ0v) is 11.7. The molecule has 19 heavy (non-hydrogen) atoms. The third kappa shape index (κ3) is 4.00. The highest BCUT2D eigenvalue weighted by Crippen LogP contribution is 2.29. The minimum Gasteiger partial charge on any atom is -0.396 e. The Morgan fingerprint density at radius 1 is 1.42 bits per heavy atom. The number of aliphatic hydroxyl groups excluding tert-OH is 1. The number of aliphatic hydroxyl groups is 1. The van der Waals surface area contributed by atoms with Crippen LogP contribution in [0.4, 0.5) is 0 Å². The van der Waals surface area contributed by atoms with E-state index < -0.39 is 0 Å². The Kier molecular flexibility index (Phi) is 5.31. The maximum absolute atomic E-state index is 9.74. The molecular formula is C15H24N2O2. The molecule has 0 radical (unpaired) electrons. The molecule has 0 bridgehead atoms. The Bertz CT molecular complexity index is 364. The van der Waals surface area contributed by atoms with Crippen LogP contribution in [0.5, 0.6) is 0 Å². The summed E-state index contributed by atoms with van der Waals surface area (Å²) in [6, 6.07) is 4.09. The highest BCUT2D eigenvalue weighted by molar-refractivity contribution is 5.09. The molecule has 4 heteroatoms. The lowest BCUT2D eigenvalue weighted by molar-refractivity contribution is -0.0558. The number of pyridine rings is 1. The third-order valence-electron chi connectivity index (χ3n) is 3.90. The van der Waals surface area contributed by atoms with Gasteiger partial charge in [0.2, 0.25) is 0 Å². The molecule has 0 aliphatic carbocycles. The van der Waals surface area contributed by atoms with Crippen molar-refractivity contribution in [3.63, 3.8) is 0 Å². The summed E-state index contributed by atoms with van der Waals surface area (Å²) in [7, 11) is 0. The van der Waals surface area contributed by atoms with Crippen LogP contribution in [-0.4, -0.2) is 47.9 Å². The summed E-state index contributed by atoms with van der Waals surface area (Å²) >= 11 is 0. The van der Waals surface area contributed by atoms with Crippen LogP contribution in [-0.2, 0) is 11.3 Å². The summed E-state index contributed by atoms with van der Waals surface area (Å²) in [5.41, 5.74) is 1.18. The Morgan fingerprint density at radius 2 is 2.21 bits per heavy atom. The Hall–Kier alpha value is -0.970. The van der Waals surface area contributed by atoms with E-state index >= 15 is 0 Å². The molecule has 1 aromatic rings. The molecule has 1 aliphatic heterocycles. The molecule has 1 fully saturated rings. The minimum absolute atomic E-state index is 0.0821. The molecule has 0 spiro atoms. The van der Waals surface area contributed by atoms with Gasteiger partial charge in [0.25, 0.3) is 0 Å². The van der Waals surface area contributed by atoms with Gasteiger partial charge < -0.3 is 9.84 Å².